The van der Waals surface area contributed by atoms with Crippen LogP contribution in [0.15, 0.2) is 64.3 Å². The Balaban J connectivity index is 1.85. The first kappa shape index (κ1) is 19.0. The maximum atomic E-state index is 12.8. The number of aromatic nitrogens is 1. The van der Waals surface area contributed by atoms with Gasteiger partial charge in [-0.1, -0.05) is 31.2 Å². The fourth-order valence-electron chi connectivity index (χ4n) is 3.04. The van der Waals surface area contributed by atoms with Crippen LogP contribution >= 0.6 is 11.8 Å². The van der Waals surface area contributed by atoms with Crippen LogP contribution < -0.4 is 10.9 Å². The van der Waals surface area contributed by atoms with E-state index in [1.165, 1.54) is 0 Å². The molecule has 0 saturated heterocycles. The van der Waals surface area contributed by atoms with Gasteiger partial charge >= 0.3 is 6.03 Å². The van der Waals surface area contributed by atoms with Crippen molar-refractivity contribution in [3.05, 3.63) is 70.5 Å². The maximum Gasteiger partial charge on any atom is 0.322 e. The number of para-hydroxylation sites is 1. The fourth-order valence-corrected chi connectivity index (χ4v) is 3.50. The number of thioether (sulfide) groups is 1. The number of aromatic amines is 1. The molecule has 27 heavy (non-hydrogen) atoms. The van der Waals surface area contributed by atoms with Crippen LogP contribution in [-0.4, -0.2) is 28.7 Å². The van der Waals surface area contributed by atoms with Crippen molar-refractivity contribution in [3.63, 3.8) is 0 Å². The molecule has 0 radical (unpaired) electrons. The largest absolute Gasteiger partial charge is 0.322 e. The van der Waals surface area contributed by atoms with E-state index in [2.05, 4.69) is 10.3 Å². The van der Waals surface area contributed by atoms with Gasteiger partial charge in [-0.05, 0) is 42.5 Å². The number of amides is 2. The van der Waals surface area contributed by atoms with Gasteiger partial charge in [0.05, 0.1) is 0 Å². The molecule has 0 aliphatic carbocycles. The molecule has 0 spiro atoms. The Labute approximate surface area is 162 Å². The smallest absolute Gasteiger partial charge is 0.322 e. The number of nitrogens with one attached hydrogen (secondary N) is 2. The predicted molar refractivity (Wildman–Crippen MR) is 113 cm³/mol. The van der Waals surface area contributed by atoms with Crippen LogP contribution in [0.4, 0.5) is 10.5 Å². The normalized spacial score (nSPS) is 10.7. The Morgan fingerprint density at radius 1 is 1.15 bits per heavy atom. The molecule has 2 amide bonds. The van der Waals surface area contributed by atoms with Gasteiger partial charge in [0.1, 0.15) is 0 Å². The minimum absolute atomic E-state index is 0.159. The van der Waals surface area contributed by atoms with Crippen LogP contribution in [0.5, 0.6) is 0 Å². The van der Waals surface area contributed by atoms with Crippen molar-refractivity contribution in [2.75, 3.05) is 18.1 Å². The van der Waals surface area contributed by atoms with Gasteiger partial charge in [0.25, 0.3) is 0 Å². The van der Waals surface area contributed by atoms with E-state index in [0.29, 0.717) is 13.1 Å². The Hall–Kier alpha value is -2.73. The quantitative estimate of drug-likeness (QED) is 0.609. The zero-order chi connectivity index (χ0) is 19.2. The molecule has 5 nitrogen and oxygen atoms in total. The lowest BCUT2D eigenvalue weighted by Gasteiger charge is -2.23. The molecule has 0 bridgehead atoms. The number of H-pyrrole nitrogens is 1. The summed E-state index contributed by atoms with van der Waals surface area (Å²) in [6.07, 6.45) is 2.84. The molecular weight excluding hydrogens is 358 g/mol. The van der Waals surface area contributed by atoms with Gasteiger partial charge in [-0.15, -0.1) is 11.8 Å². The van der Waals surface area contributed by atoms with E-state index in [0.717, 1.165) is 33.5 Å². The average molecular weight is 382 g/mol. The summed E-state index contributed by atoms with van der Waals surface area (Å²) in [5, 5.41) is 3.93. The number of carbonyl (C=O) groups excluding carboxylic acids is 1. The number of nitrogens with zero attached hydrogens (tertiary/aromatic N) is 1. The zero-order valence-electron chi connectivity index (χ0n) is 15.5. The highest BCUT2D eigenvalue weighted by atomic mass is 32.2. The van der Waals surface area contributed by atoms with Crippen molar-refractivity contribution in [1.82, 2.24) is 9.88 Å². The summed E-state index contributed by atoms with van der Waals surface area (Å²) < 4.78 is 0. The molecule has 0 aliphatic rings. The highest BCUT2D eigenvalue weighted by molar-refractivity contribution is 7.98. The molecule has 3 aromatic rings. The molecule has 1 aromatic heterocycles. The van der Waals surface area contributed by atoms with Gasteiger partial charge in [-0.3, -0.25) is 4.79 Å². The standard InChI is InChI=1S/C21H23N3O2S/c1-3-11-24(21(26)22-16-7-6-8-17(13-16)27-2)14-15-12-20(25)23-19-10-5-4-9-18(15)19/h4-10,12-13H,3,11,14H2,1-2H3,(H,22,26)(H,23,25). The highest BCUT2D eigenvalue weighted by Crippen LogP contribution is 2.20. The van der Waals surface area contributed by atoms with E-state index in [1.54, 1.807) is 22.7 Å². The molecule has 2 N–H and O–H groups in total. The molecule has 0 unspecified atom stereocenters. The van der Waals surface area contributed by atoms with Crippen LogP contribution in [-0.2, 0) is 6.54 Å². The third-order valence-electron chi connectivity index (χ3n) is 4.30. The fraction of sp³-hybridized carbons (Fsp3) is 0.238. The molecule has 2 aromatic carbocycles. The van der Waals surface area contributed by atoms with Crippen LogP contribution in [0.1, 0.15) is 18.9 Å². The second kappa shape index (κ2) is 8.77. The van der Waals surface area contributed by atoms with Crippen molar-refractivity contribution in [1.29, 1.82) is 0 Å². The molecular formula is C21H23N3O2S. The molecule has 6 heteroatoms. The number of hydrogen-bond donors (Lipinski definition) is 2. The lowest BCUT2D eigenvalue weighted by Crippen LogP contribution is -2.35. The van der Waals surface area contributed by atoms with Gasteiger partial charge in [0.15, 0.2) is 0 Å². The number of fused-ring (bicyclic) bond motifs is 1. The second-order valence-corrected chi connectivity index (χ2v) is 7.17. The van der Waals surface area contributed by atoms with Crippen LogP contribution in [0.25, 0.3) is 10.9 Å². The summed E-state index contributed by atoms with van der Waals surface area (Å²) in [4.78, 5) is 30.5. The minimum Gasteiger partial charge on any atom is -0.322 e. The van der Waals surface area contributed by atoms with Crippen molar-refractivity contribution in [2.45, 2.75) is 24.8 Å². The first-order valence-corrected chi connectivity index (χ1v) is 10.1. The van der Waals surface area contributed by atoms with E-state index in [4.69, 9.17) is 0 Å². The molecule has 0 saturated carbocycles. The lowest BCUT2D eigenvalue weighted by molar-refractivity contribution is 0.209. The van der Waals surface area contributed by atoms with Gasteiger partial charge in [-0.2, -0.15) is 0 Å². The number of anilines is 1. The SMILES string of the molecule is CCCN(Cc1cc(=O)[nH]c2ccccc12)C(=O)Nc1cccc(SC)c1. The molecule has 3 rings (SSSR count). The Kier molecular flexibility index (Phi) is 6.19. The molecule has 0 aliphatic heterocycles. The van der Waals surface area contributed by atoms with Crippen LogP contribution in [0, 0.1) is 0 Å². The molecule has 0 fully saturated rings. The maximum absolute atomic E-state index is 12.8. The number of urea groups is 1. The third-order valence-corrected chi connectivity index (χ3v) is 5.02. The van der Waals surface area contributed by atoms with Gasteiger partial charge in [0.2, 0.25) is 5.56 Å². The van der Waals surface area contributed by atoms with E-state index >= 15 is 0 Å². The number of rotatable bonds is 6. The van der Waals surface area contributed by atoms with E-state index in [1.807, 2.05) is 61.7 Å². The second-order valence-electron chi connectivity index (χ2n) is 6.29. The monoisotopic (exact) mass is 381 g/mol. The summed E-state index contributed by atoms with van der Waals surface area (Å²) in [5.74, 6) is 0. The predicted octanol–water partition coefficient (Wildman–Crippen LogP) is 4.69. The van der Waals surface area contributed by atoms with Crippen molar-refractivity contribution >= 4 is 34.4 Å². The van der Waals surface area contributed by atoms with Crippen molar-refractivity contribution in [3.8, 4) is 0 Å². The number of pyridine rings is 1. The third kappa shape index (κ3) is 4.71. The summed E-state index contributed by atoms with van der Waals surface area (Å²) in [7, 11) is 0. The molecule has 140 valence electrons. The van der Waals surface area contributed by atoms with Gasteiger partial charge in [0, 0.05) is 40.6 Å². The Morgan fingerprint density at radius 3 is 2.74 bits per heavy atom. The van der Waals surface area contributed by atoms with E-state index in [9.17, 15) is 9.59 Å². The topological polar surface area (TPSA) is 65.2 Å². The molecule has 1 heterocycles. The van der Waals surface area contributed by atoms with Crippen LogP contribution in [0.2, 0.25) is 0 Å². The summed E-state index contributed by atoms with van der Waals surface area (Å²) in [6, 6.07) is 16.8. The summed E-state index contributed by atoms with van der Waals surface area (Å²) in [5.41, 5.74) is 2.23. The lowest BCUT2D eigenvalue weighted by atomic mass is 10.1. The van der Waals surface area contributed by atoms with Crippen molar-refractivity contribution < 1.29 is 4.79 Å². The summed E-state index contributed by atoms with van der Waals surface area (Å²) in [6.45, 7) is 3.02. The van der Waals surface area contributed by atoms with Gasteiger partial charge < -0.3 is 15.2 Å². The van der Waals surface area contributed by atoms with Crippen LogP contribution in [0.3, 0.4) is 0 Å². The summed E-state index contributed by atoms with van der Waals surface area (Å²) >= 11 is 1.63. The first-order chi connectivity index (χ1) is 13.1. The van der Waals surface area contributed by atoms with E-state index in [-0.39, 0.29) is 11.6 Å². The zero-order valence-corrected chi connectivity index (χ0v) is 16.3. The number of benzene rings is 2. The van der Waals surface area contributed by atoms with E-state index < -0.39 is 0 Å². The molecule has 0 atom stereocenters. The van der Waals surface area contributed by atoms with Crippen molar-refractivity contribution in [2.24, 2.45) is 0 Å². The Bertz CT molecular complexity index is 1000. The number of carbonyl (C=O) groups is 1. The minimum atomic E-state index is -0.167. The van der Waals surface area contributed by atoms with Gasteiger partial charge in [-0.25, -0.2) is 4.79 Å². The number of hydrogen-bond acceptors (Lipinski definition) is 3. The highest BCUT2D eigenvalue weighted by Gasteiger charge is 2.15. The average Bonchev–Trinajstić information content (AvgIpc) is 2.67. The Morgan fingerprint density at radius 2 is 1.96 bits per heavy atom. The first-order valence-electron chi connectivity index (χ1n) is 8.91.